The van der Waals surface area contributed by atoms with Crippen LogP contribution in [0.5, 0.6) is 0 Å². The highest BCUT2D eigenvalue weighted by Crippen LogP contribution is 2.38. The van der Waals surface area contributed by atoms with Crippen LogP contribution in [0.15, 0.2) is 504 Å². The van der Waals surface area contributed by atoms with E-state index in [2.05, 4.69) is 237 Å². The average Bonchev–Trinajstić information content (AvgIpc) is 0.804. The first-order valence-electron chi connectivity index (χ1n) is 45.1. The summed E-state index contributed by atoms with van der Waals surface area (Å²) < 4.78 is 0. The van der Waals surface area contributed by atoms with Gasteiger partial charge in [-0.05, 0) is 97.7 Å². The van der Waals surface area contributed by atoms with Crippen molar-refractivity contribution in [2.75, 3.05) is 0 Å². The van der Waals surface area contributed by atoms with Gasteiger partial charge in [0.15, 0.2) is 64.1 Å². The monoisotopic (exact) mass is 1740 g/mol. The van der Waals surface area contributed by atoms with Gasteiger partial charge in [0.2, 0.25) is 0 Å². The van der Waals surface area contributed by atoms with E-state index in [-0.39, 0.29) is 0 Å². The second kappa shape index (κ2) is 39.8. The van der Waals surface area contributed by atoms with E-state index in [1.807, 2.05) is 267 Å². The van der Waals surface area contributed by atoms with Crippen molar-refractivity contribution in [3.63, 3.8) is 0 Å². The predicted molar refractivity (Wildman–Crippen MR) is 551 cm³/mol. The third-order valence-electron chi connectivity index (χ3n) is 23.4. The predicted octanol–water partition coefficient (Wildman–Crippen LogP) is 30.0. The molecule has 0 fully saturated rings. The number of rotatable bonds is 19. The van der Waals surface area contributed by atoms with Gasteiger partial charge in [-0.15, -0.1) is 0 Å². The fourth-order valence-corrected chi connectivity index (χ4v) is 16.4. The topological polar surface area (TPSA) is 168 Å². The highest BCUT2D eigenvalue weighted by atomic mass is 15.1. The number of hydrogen-bond acceptors (Lipinski definition) is 13. The molecular weight excluding hydrogens is 1660 g/mol. The molecule has 0 aliphatic carbocycles. The molecular formula is C123H83N13. The molecule has 5 aromatic heterocycles. The van der Waals surface area contributed by atoms with Crippen LogP contribution in [0, 0.1) is 0 Å². The van der Waals surface area contributed by atoms with Crippen LogP contribution in [0.3, 0.4) is 0 Å². The van der Waals surface area contributed by atoms with E-state index < -0.39 is 0 Å². The van der Waals surface area contributed by atoms with Crippen LogP contribution in [0.2, 0.25) is 0 Å². The Morgan fingerprint density at radius 3 is 0.522 bits per heavy atom. The van der Waals surface area contributed by atoms with Crippen LogP contribution in [-0.2, 0) is 0 Å². The molecule has 0 unspecified atom stereocenters. The van der Waals surface area contributed by atoms with E-state index in [4.69, 9.17) is 64.8 Å². The first-order valence-corrected chi connectivity index (χ1v) is 45.1. The van der Waals surface area contributed by atoms with Crippen molar-refractivity contribution < 1.29 is 0 Å². The first-order chi connectivity index (χ1) is 67.3. The molecule has 136 heavy (non-hydrogen) atoms. The summed E-state index contributed by atoms with van der Waals surface area (Å²) >= 11 is 0. The summed E-state index contributed by atoms with van der Waals surface area (Å²) in [5.41, 5.74) is 27.0. The van der Waals surface area contributed by atoms with Crippen molar-refractivity contribution in [1.29, 1.82) is 0 Å². The quantitative estimate of drug-likeness (QED) is 0.0751. The fourth-order valence-electron chi connectivity index (χ4n) is 16.4. The Kier molecular flexibility index (Phi) is 24.7. The summed E-state index contributed by atoms with van der Waals surface area (Å²) in [5, 5.41) is 2.49. The molecule has 0 spiro atoms. The molecule has 13 nitrogen and oxygen atoms in total. The van der Waals surface area contributed by atoms with Crippen LogP contribution < -0.4 is 0 Å². The molecule has 0 saturated carbocycles. The molecule has 0 atom stereocenters. The summed E-state index contributed by atoms with van der Waals surface area (Å²) in [4.78, 5) is 64.2. The van der Waals surface area contributed by atoms with Gasteiger partial charge in [-0.3, -0.25) is 0 Å². The summed E-state index contributed by atoms with van der Waals surface area (Å²) in [6, 6.07) is 171. The van der Waals surface area contributed by atoms with Crippen molar-refractivity contribution in [2.45, 2.75) is 0 Å². The molecule has 0 radical (unpaired) electrons. The normalized spacial score (nSPS) is 10.9. The van der Waals surface area contributed by atoms with Gasteiger partial charge in [-0.2, -0.15) is 0 Å². The zero-order valence-corrected chi connectivity index (χ0v) is 73.7. The van der Waals surface area contributed by atoms with Gasteiger partial charge < -0.3 is 0 Å². The molecule has 0 bridgehead atoms. The molecule has 640 valence electrons. The Morgan fingerprint density at radius 2 is 0.243 bits per heavy atom. The van der Waals surface area contributed by atoms with E-state index in [1.54, 1.807) is 0 Å². The van der Waals surface area contributed by atoms with Crippen LogP contribution in [0.4, 0.5) is 0 Å². The van der Waals surface area contributed by atoms with Crippen molar-refractivity contribution in [1.82, 2.24) is 64.8 Å². The highest BCUT2D eigenvalue weighted by molar-refractivity contribution is 5.89. The number of fused-ring (bicyclic) bond motifs is 1. The maximum absolute atomic E-state index is 5.10. The Hall–Kier alpha value is -18.6. The maximum atomic E-state index is 5.10. The highest BCUT2D eigenvalue weighted by Gasteiger charge is 2.21. The van der Waals surface area contributed by atoms with Gasteiger partial charge in [-0.1, -0.05) is 461 Å². The molecule has 13 heteroatoms. The Labute approximate surface area is 788 Å². The van der Waals surface area contributed by atoms with Crippen LogP contribution >= 0.6 is 0 Å². The molecule has 0 aliphatic rings. The third kappa shape index (κ3) is 19.6. The number of aromatic nitrogens is 13. The summed E-state index contributed by atoms with van der Waals surface area (Å²) in [6.07, 6.45) is 0. The summed E-state index contributed by atoms with van der Waals surface area (Å²) in [5.74, 6) is 6.94. The average molecular weight is 1740 g/mol. The molecule has 5 heterocycles. The van der Waals surface area contributed by atoms with Crippen LogP contribution in [0.1, 0.15) is 0 Å². The lowest BCUT2D eigenvalue weighted by Gasteiger charge is -2.12. The lowest BCUT2D eigenvalue weighted by atomic mass is 9.96. The zero-order valence-electron chi connectivity index (χ0n) is 73.7. The van der Waals surface area contributed by atoms with Crippen LogP contribution in [0.25, 0.3) is 226 Å². The van der Waals surface area contributed by atoms with Gasteiger partial charge in [0, 0.05) is 83.5 Å². The number of nitrogens with zero attached hydrogens (tertiary/aromatic N) is 13. The first kappa shape index (κ1) is 84.3. The minimum Gasteiger partial charge on any atom is -0.228 e. The van der Waals surface area contributed by atoms with E-state index >= 15 is 0 Å². The Balaban J connectivity index is 0.000000123. The van der Waals surface area contributed by atoms with Gasteiger partial charge in [0.25, 0.3) is 0 Å². The van der Waals surface area contributed by atoms with E-state index in [0.717, 1.165) is 134 Å². The summed E-state index contributed by atoms with van der Waals surface area (Å²) in [6.45, 7) is 0. The third-order valence-corrected chi connectivity index (χ3v) is 23.4. The fraction of sp³-hybridized carbons (Fsp3) is 0. The Morgan fingerprint density at radius 1 is 0.0809 bits per heavy atom. The molecule has 0 N–H and O–H groups in total. The SMILES string of the molecule is c1ccc(-c2cccc(-c3cc(-c4ccccc4)nc(-c4ccc(-c5nc(-c6ccccc6)cc(-c6ccccc6)n5)cc4)n3)c2)cc1.c1ccc(-c2cccc(-c3nc(-c4ccccc4)nc(-c4ccc(-c5nc(-c6ccccc6)nc(-c6ccccc6)n5)cc4)n3)c2)cc1.c1ccc(-c2nc(-c3ccccc3)nc(-c3cccc(-c4cccc(-c5ccc6ccccc6c5)c4)c3)n2)cc1. The summed E-state index contributed by atoms with van der Waals surface area (Å²) in [7, 11) is 0. The molecule has 0 amide bonds. The van der Waals surface area contributed by atoms with Crippen molar-refractivity contribution >= 4 is 10.8 Å². The van der Waals surface area contributed by atoms with Gasteiger partial charge in [0.05, 0.1) is 22.8 Å². The van der Waals surface area contributed by atoms with Crippen LogP contribution in [-0.4, -0.2) is 64.8 Å². The largest absolute Gasteiger partial charge is 0.228 e. The van der Waals surface area contributed by atoms with E-state index in [9.17, 15) is 0 Å². The molecule has 23 rings (SSSR count). The molecule has 0 saturated heterocycles. The number of benzene rings is 18. The Bertz CT molecular complexity index is 7570. The van der Waals surface area contributed by atoms with Crippen molar-refractivity contribution in [3.8, 4) is 215 Å². The molecule has 18 aromatic carbocycles. The zero-order chi connectivity index (χ0) is 91.0. The second-order valence-electron chi connectivity index (χ2n) is 32.5. The van der Waals surface area contributed by atoms with E-state index in [0.29, 0.717) is 64.1 Å². The maximum Gasteiger partial charge on any atom is 0.164 e. The lowest BCUT2D eigenvalue weighted by Crippen LogP contribution is -2.01. The van der Waals surface area contributed by atoms with Crippen molar-refractivity contribution in [2.24, 2.45) is 0 Å². The minimum absolute atomic E-state index is 0.584. The van der Waals surface area contributed by atoms with Crippen molar-refractivity contribution in [3.05, 3.63) is 504 Å². The van der Waals surface area contributed by atoms with Gasteiger partial charge >= 0.3 is 0 Å². The molecule has 0 aliphatic heterocycles. The van der Waals surface area contributed by atoms with Gasteiger partial charge in [0.1, 0.15) is 0 Å². The smallest absolute Gasteiger partial charge is 0.164 e. The number of hydrogen-bond donors (Lipinski definition) is 0. The molecule has 23 aromatic rings. The minimum atomic E-state index is 0.584. The van der Waals surface area contributed by atoms with E-state index in [1.165, 1.54) is 27.5 Å². The lowest BCUT2D eigenvalue weighted by molar-refractivity contribution is 1.07. The standard InChI is InChI=1S/C44H30N4.C42H28N6.C37H25N3/c1-5-14-31(15-6-1)37-22-13-23-38(28-37)42-30-41(34-20-11-4-12-21-34)47-44(48-42)36-26-24-35(25-27-36)43-45-39(32-16-7-2-8-17-32)29-40(46-43)33-18-9-3-10-19-33;1-5-14-29(15-6-1)35-22-13-23-36(28-35)42-47-39(32-20-11-4-12-21-32)46-41(48-42)34-26-24-33(25-27-34)40-44-37(30-16-7-2-8-17-30)43-38(45-40)31-18-9-3-10-19-31;1-3-12-27(13-4-1)35-38-36(28-14-5-2-6-15-28)40-37(39-35)34-20-10-19-32(25-34)30-17-9-18-31(24-30)33-22-21-26-11-7-8-16-29(26)23-33/h1-30H;1-28H;1-25H. The second-order valence-corrected chi connectivity index (χ2v) is 32.5. The van der Waals surface area contributed by atoms with Gasteiger partial charge in [-0.25, -0.2) is 64.8 Å².